The molecule has 0 saturated carbocycles. The number of alkyl halides is 3. The highest BCUT2D eigenvalue weighted by Crippen LogP contribution is 2.41. The number of benzene rings is 3. The van der Waals surface area contributed by atoms with Crippen LogP contribution in [0.5, 0.6) is 5.75 Å². The van der Waals surface area contributed by atoms with Gasteiger partial charge in [-0.1, -0.05) is 62.4 Å². The van der Waals surface area contributed by atoms with Crippen molar-refractivity contribution in [2.45, 2.75) is 39.0 Å². The molecule has 3 aromatic carbocycles. The summed E-state index contributed by atoms with van der Waals surface area (Å²) in [5.74, 6) is -1.58. The van der Waals surface area contributed by atoms with Crippen molar-refractivity contribution >= 4 is 11.9 Å². The summed E-state index contributed by atoms with van der Waals surface area (Å²) in [4.78, 5) is 22.9. The second kappa shape index (κ2) is 11.7. The number of carbonyl (C=O) groups excluding carboxylic acids is 1. The van der Waals surface area contributed by atoms with Crippen molar-refractivity contribution in [2.24, 2.45) is 5.92 Å². The molecule has 0 fully saturated rings. The smallest absolute Gasteiger partial charge is 0.419 e. The monoisotopic (exact) mass is 499 g/mol. The molecule has 3 aromatic rings. The first kappa shape index (κ1) is 26.8. The molecule has 190 valence electrons. The number of rotatable bonds is 10. The van der Waals surface area contributed by atoms with Crippen LogP contribution in [0.2, 0.25) is 0 Å². The fourth-order valence-corrected chi connectivity index (χ4v) is 3.73. The standard InChI is InChI=1S/C28H28F3NO4/c1-18(2)16-24(20-8-10-21(11-9-20)27(35)32-15-14-26(33)34)36-25-17-22(19-6-4-3-5-7-19)12-13-23(25)28(29,30)31/h3-13,17-18,24H,14-16H2,1-2H3,(H,32,35)(H,33,34). The topological polar surface area (TPSA) is 75.6 Å². The first-order chi connectivity index (χ1) is 17.0. The molecule has 0 aromatic heterocycles. The molecule has 0 heterocycles. The average Bonchev–Trinajstić information content (AvgIpc) is 2.83. The quantitative estimate of drug-likeness (QED) is 0.324. The minimum Gasteiger partial charge on any atom is -0.485 e. The minimum atomic E-state index is -4.59. The number of hydrogen-bond acceptors (Lipinski definition) is 3. The van der Waals surface area contributed by atoms with E-state index in [-0.39, 0.29) is 24.6 Å². The Morgan fingerprint density at radius 3 is 2.19 bits per heavy atom. The molecule has 0 saturated heterocycles. The summed E-state index contributed by atoms with van der Waals surface area (Å²) < 4.78 is 47.5. The molecule has 1 atom stereocenters. The Morgan fingerprint density at radius 1 is 0.944 bits per heavy atom. The van der Waals surface area contributed by atoms with Crippen LogP contribution in [-0.4, -0.2) is 23.5 Å². The minimum absolute atomic E-state index is 0.00697. The van der Waals surface area contributed by atoms with Crippen molar-refractivity contribution in [1.82, 2.24) is 5.32 Å². The Balaban J connectivity index is 1.90. The van der Waals surface area contributed by atoms with Crippen LogP contribution in [-0.2, 0) is 11.0 Å². The van der Waals surface area contributed by atoms with Gasteiger partial charge >= 0.3 is 12.1 Å². The van der Waals surface area contributed by atoms with E-state index >= 15 is 0 Å². The van der Waals surface area contributed by atoms with E-state index < -0.39 is 29.7 Å². The van der Waals surface area contributed by atoms with Crippen LogP contribution in [0.3, 0.4) is 0 Å². The zero-order chi connectivity index (χ0) is 26.3. The third-order valence-corrected chi connectivity index (χ3v) is 5.52. The van der Waals surface area contributed by atoms with E-state index in [9.17, 15) is 22.8 Å². The molecule has 0 aliphatic rings. The fourth-order valence-electron chi connectivity index (χ4n) is 3.73. The van der Waals surface area contributed by atoms with Gasteiger partial charge in [0.15, 0.2) is 0 Å². The predicted molar refractivity (Wildman–Crippen MR) is 131 cm³/mol. The van der Waals surface area contributed by atoms with Gasteiger partial charge in [-0.2, -0.15) is 13.2 Å². The summed E-state index contributed by atoms with van der Waals surface area (Å²) in [6, 6.07) is 19.4. The average molecular weight is 500 g/mol. The molecule has 36 heavy (non-hydrogen) atoms. The number of aliphatic carboxylic acids is 1. The van der Waals surface area contributed by atoms with Crippen molar-refractivity contribution in [3.8, 4) is 16.9 Å². The van der Waals surface area contributed by atoms with Gasteiger partial charge in [0.05, 0.1) is 12.0 Å². The summed E-state index contributed by atoms with van der Waals surface area (Å²) in [7, 11) is 0. The van der Waals surface area contributed by atoms with Crippen molar-refractivity contribution < 1.29 is 32.6 Å². The van der Waals surface area contributed by atoms with E-state index in [2.05, 4.69) is 5.32 Å². The second-order valence-electron chi connectivity index (χ2n) is 8.83. The lowest BCUT2D eigenvalue weighted by atomic mass is 9.97. The highest BCUT2D eigenvalue weighted by Gasteiger charge is 2.35. The third-order valence-electron chi connectivity index (χ3n) is 5.52. The maximum absolute atomic E-state index is 13.8. The molecule has 5 nitrogen and oxygen atoms in total. The molecule has 1 unspecified atom stereocenters. The maximum Gasteiger partial charge on any atom is 0.419 e. The van der Waals surface area contributed by atoms with E-state index in [0.29, 0.717) is 23.1 Å². The van der Waals surface area contributed by atoms with Crippen molar-refractivity contribution in [2.75, 3.05) is 6.54 Å². The molecule has 0 spiro atoms. The van der Waals surface area contributed by atoms with E-state index in [1.807, 2.05) is 44.2 Å². The van der Waals surface area contributed by atoms with Gasteiger partial charge in [-0.05, 0) is 53.3 Å². The number of nitrogens with one attached hydrogen (secondary N) is 1. The maximum atomic E-state index is 13.8. The summed E-state index contributed by atoms with van der Waals surface area (Å²) in [6.45, 7) is 3.89. The molecule has 0 aliphatic carbocycles. The molecule has 0 radical (unpaired) electrons. The number of hydrogen-bond donors (Lipinski definition) is 2. The van der Waals surface area contributed by atoms with Crippen LogP contribution >= 0.6 is 0 Å². The summed E-state index contributed by atoms with van der Waals surface area (Å²) in [6.07, 6.45) is -5.01. The fraction of sp³-hybridized carbons (Fsp3) is 0.286. The number of halogens is 3. The normalized spacial score (nSPS) is 12.3. The molecule has 0 aliphatic heterocycles. The Morgan fingerprint density at radius 2 is 1.61 bits per heavy atom. The second-order valence-corrected chi connectivity index (χ2v) is 8.83. The first-order valence-electron chi connectivity index (χ1n) is 11.6. The number of ether oxygens (including phenoxy) is 1. The Labute approximate surface area is 207 Å². The summed E-state index contributed by atoms with van der Waals surface area (Å²) in [5.41, 5.74) is 1.47. The molecule has 2 N–H and O–H groups in total. The van der Waals surface area contributed by atoms with E-state index in [0.717, 1.165) is 11.6 Å². The van der Waals surface area contributed by atoms with Gasteiger partial charge in [0, 0.05) is 12.1 Å². The number of carboxylic acids is 1. The lowest BCUT2D eigenvalue weighted by Crippen LogP contribution is -2.26. The van der Waals surface area contributed by atoms with Crippen LogP contribution in [0.15, 0.2) is 72.8 Å². The zero-order valence-electron chi connectivity index (χ0n) is 20.0. The van der Waals surface area contributed by atoms with Crippen molar-refractivity contribution in [3.05, 3.63) is 89.5 Å². The van der Waals surface area contributed by atoms with Gasteiger partial charge in [-0.3, -0.25) is 9.59 Å². The molecule has 3 rings (SSSR count). The highest BCUT2D eigenvalue weighted by atomic mass is 19.4. The van der Waals surface area contributed by atoms with E-state index in [1.165, 1.54) is 12.1 Å². The molecule has 0 bridgehead atoms. The van der Waals surface area contributed by atoms with Gasteiger partial charge in [-0.15, -0.1) is 0 Å². The van der Waals surface area contributed by atoms with Crippen LogP contribution in [0, 0.1) is 5.92 Å². The number of carboxylic acid groups (broad SMARTS) is 1. The lowest BCUT2D eigenvalue weighted by molar-refractivity contribution is -0.139. The van der Waals surface area contributed by atoms with Crippen LogP contribution < -0.4 is 10.1 Å². The molecule has 1 amide bonds. The Bertz CT molecular complexity index is 1180. The summed E-state index contributed by atoms with van der Waals surface area (Å²) >= 11 is 0. The summed E-state index contributed by atoms with van der Waals surface area (Å²) in [5, 5.41) is 11.2. The van der Waals surface area contributed by atoms with Crippen molar-refractivity contribution in [1.29, 1.82) is 0 Å². The number of carbonyl (C=O) groups is 2. The molecular weight excluding hydrogens is 471 g/mol. The molecule has 8 heteroatoms. The van der Waals surface area contributed by atoms with Crippen molar-refractivity contribution in [3.63, 3.8) is 0 Å². The molecular formula is C28H28F3NO4. The lowest BCUT2D eigenvalue weighted by Gasteiger charge is -2.24. The zero-order valence-corrected chi connectivity index (χ0v) is 20.0. The van der Waals surface area contributed by atoms with Gasteiger partial charge in [0.1, 0.15) is 11.9 Å². The Hall–Kier alpha value is -3.81. The highest BCUT2D eigenvalue weighted by molar-refractivity contribution is 5.94. The van der Waals surface area contributed by atoms with E-state index in [4.69, 9.17) is 9.84 Å². The SMILES string of the molecule is CC(C)CC(Oc1cc(-c2ccccc2)ccc1C(F)(F)F)c1ccc(C(=O)NCCC(=O)O)cc1. The van der Waals surface area contributed by atoms with Gasteiger partial charge < -0.3 is 15.2 Å². The Kier molecular flexibility index (Phi) is 8.74. The predicted octanol–water partition coefficient (Wildman–Crippen LogP) is 6.74. The van der Waals surface area contributed by atoms with Crippen LogP contribution in [0.1, 0.15) is 54.3 Å². The largest absolute Gasteiger partial charge is 0.485 e. The van der Waals surface area contributed by atoms with Crippen LogP contribution in [0.4, 0.5) is 13.2 Å². The first-order valence-corrected chi connectivity index (χ1v) is 11.6. The van der Waals surface area contributed by atoms with Gasteiger partial charge in [-0.25, -0.2) is 0 Å². The van der Waals surface area contributed by atoms with Gasteiger partial charge in [0.2, 0.25) is 0 Å². The number of amides is 1. The van der Waals surface area contributed by atoms with Crippen LogP contribution in [0.25, 0.3) is 11.1 Å². The third kappa shape index (κ3) is 7.34. The van der Waals surface area contributed by atoms with E-state index in [1.54, 1.807) is 24.3 Å². The van der Waals surface area contributed by atoms with Gasteiger partial charge in [0.25, 0.3) is 5.91 Å².